The van der Waals surface area contributed by atoms with Crippen LogP contribution in [0.15, 0.2) is 24.3 Å². The lowest BCUT2D eigenvalue weighted by atomic mass is 10.1. The highest BCUT2D eigenvalue weighted by atomic mass is 35.5. The second kappa shape index (κ2) is 6.89. The molecule has 1 aliphatic heterocycles. The topological polar surface area (TPSA) is 15.3 Å². The fourth-order valence-electron chi connectivity index (χ4n) is 2.09. The summed E-state index contributed by atoms with van der Waals surface area (Å²) in [5.41, 5.74) is 2.88. The van der Waals surface area contributed by atoms with Crippen molar-refractivity contribution in [3.8, 4) is 0 Å². The molecule has 1 fully saturated rings. The van der Waals surface area contributed by atoms with Crippen molar-refractivity contribution in [3.63, 3.8) is 0 Å². The van der Waals surface area contributed by atoms with Crippen LogP contribution in [0.25, 0.3) is 0 Å². The van der Waals surface area contributed by atoms with Gasteiger partial charge in [0.1, 0.15) is 0 Å². The zero-order valence-corrected chi connectivity index (χ0v) is 10.7. The molecule has 3 heteroatoms. The van der Waals surface area contributed by atoms with E-state index in [1.165, 1.54) is 37.2 Å². The first-order valence-corrected chi connectivity index (χ1v) is 5.84. The molecule has 1 heterocycles. The third kappa shape index (κ3) is 3.78. The Hall–Kier alpha value is -0.570. The van der Waals surface area contributed by atoms with E-state index in [1.807, 2.05) is 0 Å². The average molecular weight is 241 g/mol. The van der Waals surface area contributed by atoms with Crippen molar-refractivity contribution in [1.82, 2.24) is 10.2 Å². The van der Waals surface area contributed by atoms with Gasteiger partial charge in [0.05, 0.1) is 0 Å². The first-order valence-electron chi connectivity index (χ1n) is 5.84. The second-order valence-corrected chi connectivity index (χ2v) is 4.31. The van der Waals surface area contributed by atoms with Gasteiger partial charge in [-0.15, -0.1) is 12.4 Å². The minimum absolute atomic E-state index is 0. The van der Waals surface area contributed by atoms with Crippen LogP contribution >= 0.6 is 12.4 Å². The van der Waals surface area contributed by atoms with E-state index < -0.39 is 0 Å². The van der Waals surface area contributed by atoms with E-state index in [1.54, 1.807) is 0 Å². The van der Waals surface area contributed by atoms with Crippen LogP contribution in [-0.2, 0) is 6.54 Å². The lowest BCUT2D eigenvalue weighted by molar-refractivity contribution is 0.284. The quantitative estimate of drug-likeness (QED) is 0.853. The summed E-state index contributed by atoms with van der Waals surface area (Å²) in [7, 11) is 0. The van der Waals surface area contributed by atoms with Crippen molar-refractivity contribution in [3.05, 3.63) is 35.4 Å². The molecule has 1 saturated heterocycles. The molecule has 1 aromatic rings. The molecule has 2 rings (SSSR count). The van der Waals surface area contributed by atoms with Gasteiger partial charge in [-0.1, -0.05) is 24.3 Å². The Balaban J connectivity index is 0.00000128. The highest BCUT2D eigenvalue weighted by Gasteiger charge is 2.09. The van der Waals surface area contributed by atoms with Crippen LogP contribution in [0, 0.1) is 6.92 Å². The summed E-state index contributed by atoms with van der Waals surface area (Å²) in [6.45, 7) is 8.01. The largest absolute Gasteiger partial charge is 0.315 e. The normalized spacial score (nSPS) is 17.6. The van der Waals surface area contributed by atoms with Gasteiger partial charge in [-0.25, -0.2) is 0 Å². The Labute approximate surface area is 104 Å². The monoisotopic (exact) mass is 240 g/mol. The number of rotatable bonds is 2. The Morgan fingerprint density at radius 3 is 2.81 bits per heavy atom. The van der Waals surface area contributed by atoms with Gasteiger partial charge in [-0.05, 0) is 37.6 Å². The third-order valence-corrected chi connectivity index (χ3v) is 3.09. The third-order valence-electron chi connectivity index (χ3n) is 3.09. The zero-order valence-electron chi connectivity index (χ0n) is 9.91. The Morgan fingerprint density at radius 2 is 2.00 bits per heavy atom. The number of hydrogen-bond acceptors (Lipinski definition) is 2. The number of halogens is 1. The van der Waals surface area contributed by atoms with Crippen molar-refractivity contribution in [2.75, 3.05) is 26.2 Å². The van der Waals surface area contributed by atoms with Crippen LogP contribution in [0.2, 0.25) is 0 Å². The van der Waals surface area contributed by atoms with Gasteiger partial charge in [-0.3, -0.25) is 4.90 Å². The molecule has 0 aliphatic carbocycles. The van der Waals surface area contributed by atoms with E-state index in [2.05, 4.69) is 41.4 Å². The fourth-order valence-corrected chi connectivity index (χ4v) is 2.09. The molecule has 1 aromatic carbocycles. The van der Waals surface area contributed by atoms with Crippen molar-refractivity contribution < 1.29 is 0 Å². The second-order valence-electron chi connectivity index (χ2n) is 4.31. The van der Waals surface area contributed by atoms with Gasteiger partial charge in [-0.2, -0.15) is 0 Å². The first kappa shape index (κ1) is 13.5. The van der Waals surface area contributed by atoms with Crippen LogP contribution in [0.5, 0.6) is 0 Å². The van der Waals surface area contributed by atoms with E-state index in [4.69, 9.17) is 0 Å². The summed E-state index contributed by atoms with van der Waals surface area (Å²) in [4.78, 5) is 2.54. The number of aryl methyl sites for hydroxylation is 1. The predicted molar refractivity (Wildman–Crippen MR) is 71.2 cm³/mol. The zero-order chi connectivity index (χ0) is 10.5. The smallest absolute Gasteiger partial charge is 0.0236 e. The summed E-state index contributed by atoms with van der Waals surface area (Å²) >= 11 is 0. The van der Waals surface area contributed by atoms with Crippen LogP contribution < -0.4 is 5.32 Å². The molecule has 2 nitrogen and oxygen atoms in total. The van der Waals surface area contributed by atoms with Crippen LogP contribution in [0.1, 0.15) is 17.5 Å². The van der Waals surface area contributed by atoms with Gasteiger partial charge in [0.2, 0.25) is 0 Å². The van der Waals surface area contributed by atoms with E-state index in [-0.39, 0.29) is 12.4 Å². The lowest BCUT2D eigenvalue weighted by Crippen LogP contribution is -2.27. The summed E-state index contributed by atoms with van der Waals surface area (Å²) in [6.07, 6.45) is 1.27. The van der Waals surface area contributed by atoms with E-state index in [9.17, 15) is 0 Å². The number of nitrogens with zero attached hydrogens (tertiary/aromatic N) is 1. The molecule has 0 aromatic heterocycles. The maximum atomic E-state index is 3.44. The molecule has 0 saturated carbocycles. The van der Waals surface area contributed by atoms with E-state index >= 15 is 0 Å². The molecule has 0 atom stereocenters. The Kier molecular flexibility index (Phi) is 5.81. The highest BCUT2D eigenvalue weighted by Crippen LogP contribution is 2.10. The first-order chi connectivity index (χ1) is 7.36. The maximum Gasteiger partial charge on any atom is 0.0236 e. The van der Waals surface area contributed by atoms with Crippen molar-refractivity contribution in [2.45, 2.75) is 19.9 Å². The highest BCUT2D eigenvalue weighted by molar-refractivity contribution is 5.85. The molecule has 16 heavy (non-hydrogen) atoms. The minimum atomic E-state index is 0. The van der Waals surface area contributed by atoms with Crippen LogP contribution in [0.4, 0.5) is 0 Å². The molecular formula is C13H21ClN2. The Bertz CT molecular complexity index is 307. The average Bonchev–Trinajstić information content (AvgIpc) is 2.50. The molecule has 1 N–H and O–H groups in total. The van der Waals surface area contributed by atoms with E-state index in [0.717, 1.165) is 13.1 Å². The number of hydrogen-bond donors (Lipinski definition) is 1. The summed E-state index contributed by atoms with van der Waals surface area (Å²) in [5, 5.41) is 3.44. The Morgan fingerprint density at radius 1 is 1.19 bits per heavy atom. The van der Waals surface area contributed by atoms with Crippen molar-refractivity contribution in [2.24, 2.45) is 0 Å². The van der Waals surface area contributed by atoms with Gasteiger partial charge in [0.25, 0.3) is 0 Å². The molecule has 0 radical (unpaired) electrons. The predicted octanol–water partition coefficient (Wildman–Crippen LogP) is 2.21. The van der Waals surface area contributed by atoms with E-state index in [0.29, 0.717) is 0 Å². The minimum Gasteiger partial charge on any atom is -0.315 e. The van der Waals surface area contributed by atoms with Gasteiger partial charge in [0, 0.05) is 19.6 Å². The molecule has 0 spiro atoms. The van der Waals surface area contributed by atoms with Crippen molar-refractivity contribution >= 4 is 12.4 Å². The van der Waals surface area contributed by atoms with Gasteiger partial charge >= 0.3 is 0 Å². The summed E-state index contributed by atoms with van der Waals surface area (Å²) < 4.78 is 0. The van der Waals surface area contributed by atoms with Crippen molar-refractivity contribution in [1.29, 1.82) is 0 Å². The molecule has 1 aliphatic rings. The summed E-state index contributed by atoms with van der Waals surface area (Å²) in [5.74, 6) is 0. The van der Waals surface area contributed by atoms with Crippen LogP contribution in [-0.4, -0.2) is 31.1 Å². The fraction of sp³-hybridized carbons (Fsp3) is 0.538. The van der Waals surface area contributed by atoms with Gasteiger partial charge < -0.3 is 5.32 Å². The lowest BCUT2D eigenvalue weighted by Gasteiger charge is -2.20. The molecule has 90 valence electrons. The molecule has 0 amide bonds. The molecule has 0 bridgehead atoms. The summed E-state index contributed by atoms with van der Waals surface area (Å²) in [6, 6.07) is 8.69. The number of nitrogens with one attached hydrogen (secondary N) is 1. The standard InChI is InChI=1S/C13H20N2.ClH/c1-12-5-2-3-6-13(12)11-15-9-4-7-14-8-10-15;/h2-3,5-6,14H,4,7-11H2,1H3;1H. The van der Waals surface area contributed by atoms with Crippen LogP contribution in [0.3, 0.4) is 0 Å². The maximum absolute atomic E-state index is 3.44. The molecular weight excluding hydrogens is 220 g/mol. The van der Waals surface area contributed by atoms with Gasteiger partial charge in [0.15, 0.2) is 0 Å². The molecule has 0 unspecified atom stereocenters. The SMILES string of the molecule is Cc1ccccc1CN1CCCNCC1.Cl. The number of benzene rings is 1.